The number of rotatable bonds is 5. The van der Waals surface area contributed by atoms with Gasteiger partial charge < -0.3 is 14.4 Å². The number of nitrogens with zero attached hydrogens (tertiary/aromatic N) is 2. The molecule has 1 amide bonds. The van der Waals surface area contributed by atoms with Crippen LogP contribution in [-0.2, 0) is 17.8 Å². The molecule has 0 bridgehead atoms. The van der Waals surface area contributed by atoms with Crippen LogP contribution in [0.15, 0.2) is 42.5 Å². The van der Waals surface area contributed by atoms with E-state index in [9.17, 15) is 4.79 Å². The van der Waals surface area contributed by atoms with Crippen molar-refractivity contribution in [2.24, 2.45) is 0 Å². The van der Waals surface area contributed by atoms with E-state index in [1.54, 1.807) is 37.5 Å². The summed E-state index contributed by atoms with van der Waals surface area (Å²) in [7, 11) is 1.61. The Kier molecular flexibility index (Phi) is 6.07. The summed E-state index contributed by atoms with van der Waals surface area (Å²) in [4.78, 5) is 16.9. The SMILES string of the molecule is COc1ccc(Cl)cc1/C=C/C(=O)N1CCN(Cc2ccc3c(c2)CCO3)CC1. The highest BCUT2D eigenvalue weighted by Gasteiger charge is 2.20. The summed E-state index contributed by atoms with van der Waals surface area (Å²) in [5, 5.41) is 0.615. The van der Waals surface area contributed by atoms with Gasteiger partial charge >= 0.3 is 0 Å². The Hall–Kier alpha value is -2.50. The standard InChI is InChI=1S/C23H25ClN2O3/c1-28-21-6-4-20(24)15-18(21)3-7-23(27)26-11-9-25(10-12-26)16-17-2-5-22-19(14-17)8-13-29-22/h2-7,14-15H,8-13,16H2,1H3/b7-3+. The molecule has 2 aliphatic heterocycles. The molecule has 0 aliphatic carbocycles. The minimum atomic E-state index is 0.0151. The van der Waals surface area contributed by atoms with Crippen LogP contribution >= 0.6 is 11.6 Å². The van der Waals surface area contributed by atoms with Crippen molar-refractivity contribution in [2.45, 2.75) is 13.0 Å². The summed E-state index contributed by atoms with van der Waals surface area (Å²) < 4.78 is 10.9. The molecule has 1 saturated heterocycles. The normalized spacial score (nSPS) is 16.7. The number of amides is 1. The van der Waals surface area contributed by atoms with Crippen LogP contribution in [0.4, 0.5) is 0 Å². The number of ether oxygens (including phenoxy) is 2. The first kappa shape index (κ1) is 19.8. The lowest BCUT2D eigenvalue weighted by Gasteiger charge is -2.34. The van der Waals surface area contributed by atoms with Gasteiger partial charge in [-0.2, -0.15) is 0 Å². The van der Waals surface area contributed by atoms with E-state index in [4.69, 9.17) is 21.1 Å². The molecule has 0 spiro atoms. The molecule has 2 aliphatic rings. The Morgan fingerprint density at radius 2 is 2.00 bits per heavy atom. The molecule has 0 radical (unpaired) electrons. The van der Waals surface area contributed by atoms with E-state index in [1.807, 2.05) is 4.90 Å². The zero-order valence-electron chi connectivity index (χ0n) is 16.6. The minimum absolute atomic E-state index is 0.0151. The average Bonchev–Trinajstić information content (AvgIpc) is 3.20. The van der Waals surface area contributed by atoms with Crippen molar-refractivity contribution in [1.82, 2.24) is 9.80 Å². The molecule has 2 heterocycles. The van der Waals surface area contributed by atoms with Gasteiger partial charge in [-0.1, -0.05) is 23.7 Å². The quantitative estimate of drug-likeness (QED) is 0.703. The predicted molar refractivity (Wildman–Crippen MR) is 115 cm³/mol. The maximum Gasteiger partial charge on any atom is 0.246 e. The van der Waals surface area contributed by atoms with Gasteiger partial charge in [-0.05, 0) is 41.5 Å². The van der Waals surface area contributed by atoms with Crippen molar-refractivity contribution in [2.75, 3.05) is 39.9 Å². The Bertz CT molecular complexity index is 920. The maximum atomic E-state index is 12.6. The van der Waals surface area contributed by atoms with Gasteiger partial charge in [0.2, 0.25) is 5.91 Å². The van der Waals surface area contributed by atoms with Gasteiger partial charge in [-0.3, -0.25) is 9.69 Å². The minimum Gasteiger partial charge on any atom is -0.496 e. The molecular formula is C23H25ClN2O3. The van der Waals surface area contributed by atoms with E-state index < -0.39 is 0 Å². The Morgan fingerprint density at radius 3 is 2.79 bits per heavy atom. The van der Waals surface area contributed by atoms with Crippen LogP contribution in [0.2, 0.25) is 5.02 Å². The zero-order valence-corrected chi connectivity index (χ0v) is 17.3. The summed E-state index contributed by atoms with van der Waals surface area (Å²) in [6.45, 7) is 4.88. The second-order valence-corrected chi connectivity index (χ2v) is 7.80. The summed E-state index contributed by atoms with van der Waals surface area (Å²) in [5.74, 6) is 1.73. The lowest BCUT2D eigenvalue weighted by atomic mass is 10.1. The van der Waals surface area contributed by atoms with Crippen LogP contribution in [0, 0.1) is 0 Å². The molecule has 0 saturated carbocycles. The molecular weight excluding hydrogens is 388 g/mol. The Labute approximate surface area is 176 Å². The van der Waals surface area contributed by atoms with Crippen molar-refractivity contribution in [3.05, 3.63) is 64.2 Å². The number of carbonyl (C=O) groups excluding carboxylic acids is 1. The van der Waals surface area contributed by atoms with E-state index in [1.165, 1.54) is 11.1 Å². The number of benzene rings is 2. The fourth-order valence-corrected chi connectivity index (χ4v) is 4.01. The highest BCUT2D eigenvalue weighted by Crippen LogP contribution is 2.27. The molecule has 152 valence electrons. The van der Waals surface area contributed by atoms with Crippen LogP contribution in [0.5, 0.6) is 11.5 Å². The van der Waals surface area contributed by atoms with Gasteiger partial charge in [0, 0.05) is 55.8 Å². The van der Waals surface area contributed by atoms with E-state index >= 15 is 0 Å². The Balaban J connectivity index is 1.31. The lowest BCUT2D eigenvalue weighted by molar-refractivity contribution is -0.127. The second kappa shape index (κ2) is 8.89. The molecule has 2 aromatic rings. The largest absolute Gasteiger partial charge is 0.496 e. The molecule has 2 aromatic carbocycles. The van der Waals surface area contributed by atoms with Gasteiger partial charge in [0.25, 0.3) is 0 Å². The smallest absolute Gasteiger partial charge is 0.246 e. The number of halogens is 1. The molecule has 4 rings (SSSR count). The van der Waals surface area contributed by atoms with Crippen molar-refractivity contribution < 1.29 is 14.3 Å². The number of carbonyl (C=O) groups is 1. The van der Waals surface area contributed by atoms with Crippen molar-refractivity contribution >= 4 is 23.6 Å². The van der Waals surface area contributed by atoms with E-state index in [2.05, 4.69) is 23.1 Å². The first-order chi connectivity index (χ1) is 14.1. The lowest BCUT2D eigenvalue weighted by Crippen LogP contribution is -2.47. The summed E-state index contributed by atoms with van der Waals surface area (Å²) in [5.41, 5.74) is 3.41. The van der Waals surface area contributed by atoms with Crippen LogP contribution in [0.3, 0.4) is 0 Å². The van der Waals surface area contributed by atoms with Crippen LogP contribution < -0.4 is 9.47 Å². The van der Waals surface area contributed by atoms with E-state index in [0.717, 1.165) is 57.1 Å². The topological polar surface area (TPSA) is 42.0 Å². The maximum absolute atomic E-state index is 12.6. The number of methoxy groups -OCH3 is 1. The zero-order chi connectivity index (χ0) is 20.2. The van der Waals surface area contributed by atoms with Gasteiger partial charge in [-0.15, -0.1) is 0 Å². The van der Waals surface area contributed by atoms with Gasteiger partial charge in [0.1, 0.15) is 11.5 Å². The molecule has 5 nitrogen and oxygen atoms in total. The highest BCUT2D eigenvalue weighted by atomic mass is 35.5. The second-order valence-electron chi connectivity index (χ2n) is 7.36. The molecule has 0 atom stereocenters. The highest BCUT2D eigenvalue weighted by molar-refractivity contribution is 6.30. The first-order valence-electron chi connectivity index (χ1n) is 9.90. The van der Waals surface area contributed by atoms with Gasteiger partial charge in [0.05, 0.1) is 13.7 Å². The molecule has 0 N–H and O–H groups in total. The fraction of sp³-hybridized carbons (Fsp3) is 0.348. The summed E-state index contributed by atoms with van der Waals surface area (Å²) >= 11 is 6.05. The average molecular weight is 413 g/mol. The fourth-order valence-electron chi connectivity index (χ4n) is 3.82. The number of hydrogen-bond donors (Lipinski definition) is 0. The third-order valence-electron chi connectivity index (χ3n) is 5.44. The molecule has 1 fully saturated rings. The van der Waals surface area contributed by atoms with Crippen LogP contribution in [-0.4, -0.2) is 55.6 Å². The molecule has 0 aromatic heterocycles. The molecule has 0 unspecified atom stereocenters. The Morgan fingerprint density at radius 1 is 1.17 bits per heavy atom. The first-order valence-corrected chi connectivity index (χ1v) is 10.3. The third kappa shape index (κ3) is 4.74. The van der Waals surface area contributed by atoms with Gasteiger partial charge in [-0.25, -0.2) is 0 Å². The number of fused-ring (bicyclic) bond motifs is 1. The van der Waals surface area contributed by atoms with Crippen molar-refractivity contribution in [3.63, 3.8) is 0 Å². The van der Waals surface area contributed by atoms with E-state index in [0.29, 0.717) is 10.8 Å². The van der Waals surface area contributed by atoms with Crippen molar-refractivity contribution in [1.29, 1.82) is 0 Å². The molecule has 6 heteroatoms. The van der Waals surface area contributed by atoms with Crippen LogP contribution in [0.1, 0.15) is 16.7 Å². The van der Waals surface area contributed by atoms with Crippen molar-refractivity contribution in [3.8, 4) is 11.5 Å². The number of piperazine rings is 1. The predicted octanol–water partition coefficient (Wildman–Crippen LogP) is 3.64. The third-order valence-corrected chi connectivity index (χ3v) is 5.68. The van der Waals surface area contributed by atoms with E-state index in [-0.39, 0.29) is 5.91 Å². The van der Waals surface area contributed by atoms with Gasteiger partial charge in [0.15, 0.2) is 0 Å². The monoisotopic (exact) mass is 412 g/mol. The molecule has 29 heavy (non-hydrogen) atoms. The van der Waals surface area contributed by atoms with Crippen LogP contribution in [0.25, 0.3) is 6.08 Å². The summed E-state index contributed by atoms with van der Waals surface area (Å²) in [6.07, 6.45) is 4.37. The summed E-state index contributed by atoms with van der Waals surface area (Å²) in [6, 6.07) is 11.8. The number of hydrogen-bond acceptors (Lipinski definition) is 4.